The summed E-state index contributed by atoms with van der Waals surface area (Å²) < 4.78 is 13.4. The molecule has 0 spiro atoms. The number of aryl methyl sites for hydroxylation is 1. The number of carbonyl (C=O) groups excluding carboxylic acids is 1. The van der Waals surface area contributed by atoms with E-state index in [1.54, 1.807) is 25.1 Å². The predicted octanol–water partition coefficient (Wildman–Crippen LogP) is 2.42. The molecule has 0 fully saturated rings. The number of halogens is 1. The average Bonchev–Trinajstić information content (AvgIpc) is 2.43. The zero-order chi connectivity index (χ0) is 14.7. The molecule has 1 heterocycles. The lowest BCUT2D eigenvalue weighted by molar-refractivity contribution is 0.102. The summed E-state index contributed by atoms with van der Waals surface area (Å²) in [6, 6.07) is 7.60. The van der Waals surface area contributed by atoms with Gasteiger partial charge < -0.3 is 11.1 Å². The van der Waals surface area contributed by atoms with Gasteiger partial charge in [0.15, 0.2) is 0 Å². The molecule has 0 atom stereocenters. The van der Waals surface area contributed by atoms with Crippen molar-refractivity contribution >= 4 is 28.8 Å². The van der Waals surface area contributed by atoms with Gasteiger partial charge in [0.25, 0.3) is 5.91 Å². The van der Waals surface area contributed by atoms with Crippen LogP contribution in [-0.4, -0.2) is 15.9 Å². The number of thiocarbonyl (C=S) groups is 1. The van der Waals surface area contributed by atoms with Gasteiger partial charge >= 0.3 is 0 Å². The number of anilines is 1. The lowest BCUT2D eigenvalue weighted by Gasteiger charge is -2.06. The Morgan fingerprint density at radius 2 is 2.10 bits per heavy atom. The average molecular weight is 289 g/mol. The van der Waals surface area contributed by atoms with Crippen LogP contribution in [0.1, 0.15) is 21.6 Å². The Morgan fingerprint density at radius 1 is 1.35 bits per heavy atom. The van der Waals surface area contributed by atoms with E-state index in [9.17, 15) is 9.18 Å². The number of hydrogen-bond donors (Lipinski definition) is 2. The first kappa shape index (κ1) is 14.1. The SMILES string of the molecule is Cc1ccc(NC(=O)c2ccc(C(N)=S)cn2)cc1F. The first-order chi connectivity index (χ1) is 9.47. The highest BCUT2D eigenvalue weighted by Gasteiger charge is 2.09. The number of nitrogens with two attached hydrogens (primary N) is 1. The number of rotatable bonds is 3. The second-order valence-electron chi connectivity index (χ2n) is 4.21. The van der Waals surface area contributed by atoms with Crippen molar-refractivity contribution in [3.05, 3.63) is 59.2 Å². The first-order valence-corrected chi connectivity index (χ1v) is 6.21. The lowest BCUT2D eigenvalue weighted by Crippen LogP contribution is -2.15. The van der Waals surface area contributed by atoms with E-state index in [2.05, 4.69) is 10.3 Å². The second-order valence-corrected chi connectivity index (χ2v) is 4.65. The summed E-state index contributed by atoms with van der Waals surface area (Å²) in [4.78, 5) is 16.1. The van der Waals surface area contributed by atoms with Crippen LogP contribution < -0.4 is 11.1 Å². The van der Waals surface area contributed by atoms with Crippen molar-refractivity contribution in [1.29, 1.82) is 0 Å². The van der Waals surface area contributed by atoms with Crippen molar-refractivity contribution < 1.29 is 9.18 Å². The Labute approximate surface area is 120 Å². The van der Waals surface area contributed by atoms with E-state index in [-0.39, 0.29) is 16.5 Å². The molecule has 0 aliphatic rings. The van der Waals surface area contributed by atoms with Gasteiger partial charge in [0, 0.05) is 17.4 Å². The molecular formula is C14H12FN3OS. The predicted molar refractivity (Wildman–Crippen MR) is 79.2 cm³/mol. The van der Waals surface area contributed by atoms with E-state index in [0.29, 0.717) is 16.8 Å². The van der Waals surface area contributed by atoms with Gasteiger partial charge in [-0.15, -0.1) is 0 Å². The van der Waals surface area contributed by atoms with Crippen LogP contribution in [0.25, 0.3) is 0 Å². The largest absolute Gasteiger partial charge is 0.389 e. The molecule has 0 unspecified atom stereocenters. The zero-order valence-electron chi connectivity index (χ0n) is 10.7. The molecule has 6 heteroatoms. The molecule has 1 amide bonds. The molecule has 0 saturated carbocycles. The molecule has 0 bridgehead atoms. The third kappa shape index (κ3) is 3.16. The number of benzene rings is 1. The fourth-order valence-electron chi connectivity index (χ4n) is 1.54. The lowest BCUT2D eigenvalue weighted by atomic mass is 10.2. The number of nitrogens with zero attached hydrogens (tertiary/aromatic N) is 1. The Bertz CT molecular complexity index is 671. The highest BCUT2D eigenvalue weighted by Crippen LogP contribution is 2.14. The minimum Gasteiger partial charge on any atom is -0.389 e. The summed E-state index contributed by atoms with van der Waals surface area (Å²) in [5, 5.41) is 2.57. The molecule has 4 nitrogen and oxygen atoms in total. The number of nitrogens with one attached hydrogen (secondary N) is 1. The number of amides is 1. The summed E-state index contributed by atoms with van der Waals surface area (Å²) in [6.45, 7) is 1.65. The maximum Gasteiger partial charge on any atom is 0.274 e. The van der Waals surface area contributed by atoms with Gasteiger partial charge in [-0.1, -0.05) is 18.3 Å². The van der Waals surface area contributed by atoms with Crippen LogP contribution in [0.5, 0.6) is 0 Å². The van der Waals surface area contributed by atoms with Crippen molar-refractivity contribution in [3.8, 4) is 0 Å². The van der Waals surface area contributed by atoms with Crippen molar-refractivity contribution in [1.82, 2.24) is 4.98 Å². The maximum absolute atomic E-state index is 13.4. The van der Waals surface area contributed by atoms with E-state index in [0.717, 1.165) is 0 Å². The molecule has 2 aromatic rings. The third-order valence-corrected chi connectivity index (χ3v) is 2.95. The summed E-state index contributed by atoms with van der Waals surface area (Å²) in [5.41, 5.74) is 7.11. The van der Waals surface area contributed by atoms with E-state index < -0.39 is 5.91 Å². The van der Waals surface area contributed by atoms with Gasteiger partial charge in [0.2, 0.25) is 0 Å². The summed E-state index contributed by atoms with van der Waals surface area (Å²) in [6.07, 6.45) is 1.42. The van der Waals surface area contributed by atoms with Gasteiger partial charge in [-0.3, -0.25) is 9.78 Å². The summed E-state index contributed by atoms with van der Waals surface area (Å²) in [5.74, 6) is -0.803. The van der Waals surface area contributed by atoms with Gasteiger partial charge in [-0.2, -0.15) is 0 Å². The topological polar surface area (TPSA) is 68.0 Å². The van der Waals surface area contributed by atoms with Crippen LogP contribution in [0, 0.1) is 12.7 Å². The molecular weight excluding hydrogens is 277 g/mol. The fourth-order valence-corrected chi connectivity index (χ4v) is 1.66. The first-order valence-electron chi connectivity index (χ1n) is 5.81. The summed E-state index contributed by atoms with van der Waals surface area (Å²) >= 11 is 4.80. The zero-order valence-corrected chi connectivity index (χ0v) is 11.5. The molecule has 102 valence electrons. The summed E-state index contributed by atoms with van der Waals surface area (Å²) in [7, 11) is 0. The quantitative estimate of drug-likeness (QED) is 0.852. The van der Waals surface area contributed by atoms with Crippen molar-refractivity contribution in [2.75, 3.05) is 5.32 Å². The van der Waals surface area contributed by atoms with Crippen LogP contribution in [0.2, 0.25) is 0 Å². The molecule has 20 heavy (non-hydrogen) atoms. The molecule has 2 rings (SSSR count). The monoisotopic (exact) mass is 289 g/mol. The van der Waals surface area contributed by atoms with Crippen LogP contribution in [0.15, 0.2) is 36.5 Å². The van der Waals surface area contributed by atoms with Crippen LogP contribution >= 0.6 is 12.2 Å². The molecule has 3 N–H and O–H groups in total. The van der Waals surface area contributed by atoms with Crippen molar-refractivity contribution in [2.45, 2.75) is 6.92 Å². The molecule has 1 aromatic heterocycles. The molecule has 0 aliphatic carbocycles. The van der Waals surface area contributed by atoms with E-state index >= 15 is 0 Å². The van der Waals surface area contributed by atoms with Crippen molar-refractivity contribution in [3.63, 3.8) is 0 Å². The Hall–Kier alpha value is -2.34. The van der Waals surface area contributed by atoms with E-state index in [1.807, 2.05) is 0 Å². The maximum atomic E-state index is 13.4. The number of aromatic nitrogens is 1. The molecule has 1 aromatic carbocycles. The second kappa shape index (κ2) is 5.75. The van der Waals surface area contributed by atoms with Gasteiger partial charge in [0.1, 0.15) is 16.5 Å². The molecule has 0 radical (unpaired) electrons. The minimum atomic E-state index is -0.428. The number of carbonyl (C=O) groups is 1. The van der Waals surface area contributed by atoms with Gasteiger partial charge in [0.05, 0.1) is 0 Å². The number of hydrogen-bond acceptors (Lipinski definition) is 3. The number of pyridine rings is 1. The minimum absolute atomic E-state index is 0.200. The standard InChI is InChI=1S/C14H12FN3OS/c1-8-2-4-10(6-11(8)15)18-14(19)12-5-3-9(7-17-12)13(16)20/h2-7H,1H3,(H2,16,20)(H,18,19). The smallest absolute Gasteiger partial charge is 0.274 e. The van der Waals surface area contributed by atoms with Crippen LogP contribution in [-0.2, 0) is 0 Å². The van der Waals surface area contributed by atoms with Gasteiger partial charge in [-0.05, 0) is 36.8 Å². The Kier molecular flexibility index (Phi) is 4.05. The Balaban J connectivity index is 2.15. The normalized spacial score (nSPS) is 10.1. The highest BCUT2D eigenvalue weighted by molar-refractivity contribution is 7.80. The van der Waals surface area contributed by atoms with Gasteiger partial charge in [-0.25, -0.2) is 4.39 Å². The van der Waals surface area contributed by atoms with Crippen molar-refractivity contribution in [2.24, 2.45) is 5.73 Å². The molecule has 0 aliphatic heterocycles. The Morgan fingerprint density at radius 3 is 2.65 bits per heavy atom. The van der Waals surface area contributed by atoms with Crippen LogP contribution in [0.3, 0.4) is 0 Å². The molecule has 0 saturated heterocycles. The highest BCUT2D eigenvalue weighted by atomic mass is 32.1. The van der Waals surface area contributed by atoms with E-state index in [1.165, 1.54) is 18.3 Å². The fraction of sp³-hybridized carbons (Fsp3) is 0.0714. The van der Waals surface area contributed by atoms with Crippen LogP contribution in [0.4, 0.5) is 10.1 Å². The third-order valence-electron chi connectivity index (χ3n) is 2.71. The van der Waals surface area contributed by atoms with E-state index in [4.69, 9.17) is 18.0 Å².